The van der Waals surface area contributed by atoms with Gasteiger partial charge in [-0.05, 0) is 54.5 Å². The molecule has 0 unspecified atom stereocenters. The lowest BCUT2D eigenvalue weighted by atomic mass is 9.77. The number of hydrogen-bond donors (Lipinski definition) is 0. The van der Waals surface area contributed by atoms with Crippen molar-refractivity contribution in [2.24, 2.45) is 0 Å². The van der Waals surface area contributed by atoms with Crippen LogP contribution in [-0.2, 0) is 14.7 Å². The molecule has 0 atom stereocenters. The molecule has 1 aliphatic heterocycles. The Labute approximate surface area is 127 Å². The third kappa shape index (κ3) is 2.70. The molecule has 0 aromatic carbocycles. The number of nitrogens with zero attached hydrogens (tertiary/aromatic N) is 2. The van der Waals surface area contributed by atoms with Gasteiger partial charge in [0.1, 0.15) is 0 Å². The molecule has 1 aliphatic rings. The van der Waals surface area contributed by atoms with Gasteiger partial charge < -0.3 is 9.31 Å². The zero-order valence-corrected chi connectivity index (χ0v) is 13.9. The van der Waals surface area contributed by atoms with Crippen LogP contribution in [0.1, 0.15) is 52.9 Å². The summed E-state index contributed by atoms with van der Waals surface area (Å²) in [4.78, 5) is 4.57. The summed E-state index contributed by atoms with van der Waals surface area (Å²) < 4.78 is 12.1. The lowest BCUT2D eigenvalue weighted by Crippen LogP contribution is -2.41. The second kappa shape index (κ2) is 4.83. The molecule has 21 heavy (non-hydrogen) atoms. The number of nitriles is 1. The van der Waals surface area contributed by atoms with E-state index in [0.717, 1.165) is 16.9 Å². The summed E-state index contributed by atoms with van der Waals surface area (Å²) in [5.74, 6) is 0. The maximum atomic E-state index is 9.22. The molecule has 5 heteroatoms. The SMILES string of the molecule is Cc1nc(C(C)(C)C#N)ccc1B1OC(C)(C)C(C)(C)O1. The van der Waals surface area contributed by atoms with Gasteiger partial charge in [-0.1, -0.05) is 6.07 Å². The molecular formula is C16H23BN2O2. The van der Waals surface area contributed by atoms with Crippen molar-refractivity contribution in [3.63, 3.8) is 0 Å². The van der Waals surface area contributed by atoms with Gasteiger partial charge in [-0.15, -0.1) is 0 Å². The fourth-order valence-corrected chi connectivity index (χ4v) is 2.20. The van der Waals surface area contributed by atoms with Crippen LogP contribution >= 0.6 is 0 Å². The number of rotatable bonds is 2. The minimum absolute atomic E-state index is 0.366. The predicted molar refractivity (Wildman–Crippen MR) is 83.3 cm³/mol. The Morgan fingerprint density at radius 2 is 1.67 bits per heavy atom. The number of hydrogen-bond acceptors (Lipinski definition) is 4. The van der Waals surface area contributed by atoms with Crippen LogP contribution in [0, 0.1) is 18.3 Å². The molecule has 1 fully saturated rings. The highest BCUT2D eigenvalue weighted by Crippen LogP contribution is 2.36. The number of aromatic nitrogens is 1. The van der Waals surface area contributed by atoms with Crippen LogP contribution < -0.4 is 5.46 Å². The van der Waals surface area contributed by atoms with Crippen LogP contribution in [0.5, 0.6) is 0 Å². The fraction of sp³-hybridized carbons (Fsp3) is 0.625. The Kier molecular flexibility index (Phi) is 3.68. The smallest absolute Gasteiger partial charge is 0.399 e. The minimum Gasteiger partial charge on any atom is -0.399 e. The maximum Gasteiger partial charge on any atom is 0.496 e. The summed E-state index contributed by atoms with van der Waals surface area (Å²) in [6.45, 7) is 13.8. The van der Waals surface area contributed by atoms with Crippen LogP contribution in [0.25, 0.3) is 0 Å². The van der Waals surface area contributed by atoms with Gasteiger partial charge in [-0.2, -0.15) is 5.26 Å². The molecule has 0 bridgehead atoms. The molecule has 0 saturated carbocycles. The van der Waals surface area contributed by atoms with E-state index >= 15 is 0 Å². The second-order valence-electron chi connectivity index (χ2n) is 7.20. The van der Waals surface area contributed by atoms with Crippen molar-refractivity contribution >= 4 is 12.6 Å². The second-order valence-corrected chi connectivity index (χ2v) is 7.20. The van der Waals surface area contributed by atoms with E-state index in [1.165, 1.54) is 0 Å². The number of aryl methyl sites for hydroxylation is 1. The van der Waals surface area contributed by atoms with Gasteiger partial charge in [0, 0.05) is 11.2 Å². The van der Waals surface area contributed by atoms with Crippen LogP contribution in [0.2, 0.25) is 0 Å². The Balaban J connectivity index is 2.35. The highest BCUT2D eigenvalue weighted by molar-refractivity contribution is 6.62. The van der Waals surface area contributed by atoms with Crippen molar-refractivity contribution in [2.45, 2.75) is 65.1 Å². The molecule has 0 N–H and O–H groups in total. The first-order chi connectivity index (χ1) is 9.50. The molecule has 4 nitrogen and oxygen atoms in total. The van der Waals surface area contributed by atoms with Crippen LogP contribution in [-0.4, -0.2) is 23.3 Å². The van der Waals surface area contributed by atoms with E-state index in [0.29, 0.717) is 0 Å². The first-order valence-corrected chi connectivity index (χ1v) is 7.25. The van der Waals surface area contributed by atoms with Gasteiger partial charge >= 0.3 is 7.12 Å². The molecule has 112 valence electrons. The van der Waals surface area contributed by atoms with Gasteiger partial charge in [0.05, 0.1) is 28.4 Å². The molecule has 2 heterocycles. The largest absolute Gasteiger partial charge is 0.496 e. The standard InChI is InChI=1S/C16H23BN2O2/c1-11-12(8-9-13(19-11)14(2,3)10-18)17-20-15(4,5)16(6,7)21-17/h8-9H,1-7H3. The average molecular weight is 286 g/mol. The molecule has 2 rings (SSSR count). The van der Waals surface area contributed by atoms with E-state index < -0.39 is 12.5 Å². The van der Waals surface area contributed by atoms with E-state index in [1.54, 1.807) is 0 Å². The van der Waals surface area contributed by atoms with Gasteiger partial charge in [0.25, 0.3) is 0 Å². The van der Waals surface area contributed by atoms with Gasteiger partial charge in [0.2, 0.25) is 0 Å². The lowest BCUT2D eigenvalue weighted by molar-refractivity contribution is 0.00578. The molecule has 0 amide bonds. The average Bonchev–Trinajstić information content (AvgIpc) is 2.58. The van der Waals surface area contributed by atoms with Gasteiger partial charge in [0.15, 0.2) is 0 Å². The first kappa shape index (κ1) is 16.0. The van der Waals surface area contributed by atoms with Crippen molar-refractivity contribution in [1.82, 2.24) is 4.98 Å². The van der Waals surface area contributed by atoms with E-state index in [4.69, 9.17) is 9.31 Å². The van der Waals surface area contributed by atoms with E-state index in [-0.39, 0.29) is 11.2 Å². The van der Waals surface area contributed by atoms with E-state index in [9.17, 15) is 5.26 Å². The molecule has 1 saturated heterocycles. The topological polar surface area (TPSA) is 55.1 Å². The van der Waals surface area contributed by atoms with E-state index in [1.807, 2.05) is 60.6 Å². The molecular weight excluding hydrogens is 263 g/mol. The molecule has 0 spiro atoms. The van der Waals surface area contributed by atoms with Gasteiger partial charge in [-0.3, -0.25) is 4.98 Å². The summed E-state index contributed by atoms with van der Waals surface area (Å²) in [6.07, 6.45) is 0. The number of pyridine rings is 1. The van der Waals surface area contributed by atoms with Crippen molar-refractivity contribution < 1.29 is 9.31 Å². The summed E-state index contributed by atoms with van der Waals surface area (Å²) in [5, 5.41) is 9.22. The summed E-state index contributed by atoms with van der Waals surface area (Å²) in [5.41, 5.74) is 1.20. The Hall–Kier alpha value is -1.38. The molecule has 1 aromatic rings. The Morgan fingerprint density at radius 1 is 1.14 bits per heavy atom. The van der Waals surface area contributed by atoms with Crippen molar-refractivity contribution in [1.29, 1.82) is 5.26 Å². The minimum atomic E-state index is -0.598. The highest BCUT2D eigenvalue weighted by Gasteiger charge is 2.52. The van der Waals surface area contributed by atoms with Crippen LogP contribution in [0.4, 0.5) is 0 Å². The lowest BCUT2D eigenvalue weighted by Gasteiger charge is -2.32. The quantitative estimate of drug-likeness (QED) is 0.784. The third-order valence-electron chi connectivity index (χ3n) is 4.55. The molecule has 1 aromatic heterocycles. The Morgan fingerprint density at radius 3 is 2.10 bits per heavy atom. The van der Waals surface area contributed by atoms with Crippen molar-refractivity contribution in [3.8, 4) is 6.07 Å². The molecule has 0 aliphatic carbocycles. The predicted octanol–water partition coefficient (Wildman–Crippen LogP) is 2.49. The summed E-state index contributed by atoms with van der Waals surface area (Å²) in [7, 11) is -0.415. The van der Waals surface area contributed by atoms with Crippen molar-refractivity contribution in [2.75, 3.05) is 0 Å². The fourth-order valence-electron chi connectivity index (χ4n) is 2.20. The summed E-state index contributed by atoms with van der Waals surface area (Å²) >= 11 is 0. The third-order valence-corrected chi connectivity index (χ3v) is 4.55. The van der Waals surface area contributed by atoms with Crippen molar-refractivity contribution in [3.05, 3.63) is 23.5 Å². The zero-order valence-electron chi connectivity index (χ0n) is 13.9. The molecule has 0 radical (unpaired) electrons. The van der Waals surface area contributed by atoms with Crippen LogP contribution in [0.3, 0.4) is 0 Å². The highest BCUT2D eigenvalue weighted by atomic mass is 16.7. The van der Waals surface area contributed by atoms with Crippen LogP contribution in [0.15, 0.2) is 12.1 Å². The Bertz CT molecular complexity index is 587. The maximum absolute atomic E-state index is 9.22. The summed E-state index contributed by atoms with van der Waals surface area (Å²) in [6, 6.07) is 6.12. The van der Waals surface area contributed by atoms with Gasteiger partial charge in [-0.25, -0.2) is 0 Å². The monoisotopic (exact) mass is 286 g/mol. The van der Waals surface area contributed by atoms with E-state index in [2.05, 4.69) is 11.1 Å². The normalized spacial score (nSPS) is 20.4. The zero-order chi connectivity index (χ0) is 16.1. The first-order valence-electron chi connectivity index (χ1n) is 7.25.